The number of aromatic nitrogens is 2. The fraction of sp³-hybridized carbons (Fsp3) is 0.167. The molecule has 0 N–H and O–H groups in total. The molecule has 0 fully saturated rings. The monoisotopic (exact) mass is 254 g/mol. The molecular formula is C12H9ClF2N2. The average molecular weight is 255 g/mol. The van der Waals surface area contributed by atoms with Crippen molar-refractivity contribution in [1.82, 2.24) is 9.97 Å². The molecule has 1 aromatic heterocycles. The van der Waals surface area contributed by atoms with Crippen molar-refractivity contribution in [1.29, 1.82) is 0 Å². The van der Waals surface area contributed by atoms with Crippen LogP contribution in [-0.2, 0) is 0 Å². The van der Waals surface area contributed by atoms with Crippen LogP contribution in [-0.4, -0.2) is 9.97 Å². The topological polar surface area (TPSA) is 25.8 Å². The Labute approximate surface area is 102 Å². The van der Waals surface area contributed by atoms with E-state index in [0.29, 0.717) is 17.1 Å². The summed E-state index contributed by atoms with van der Waals surface area (Å²) in [6.45, 7) is 3.36. The van der Waals surface area contributed by atoms with Crippen LogP contribution in [0, 0.1) is 25.5 Å². The Kier molecular flexibility index (Phi) is 3.07. The van der Waals surface area contributed by atoms with Crippen molar-refractivity contribution in [3.8, 4) is 11.3 Å². The van der Waals surface area contributed by atoms with E-state index in [1.54, 1.807) is 13.8 Å². The van der Waals surface area contributed by atoms with Gasteiger partial charge in [-0.2, -0.15) is 0 Å². The molecule has 0 aliphatic carbocycles. The first-order valence-corrected chi connectivity index (χ1v) is 5.33. The average Bonchev–Trinajstić information content (AvgIpc) is 2.24. The first-order chi connectivity index (χ1) is 7.99. The fourth-order valence-corrected chi connectivity index (χ4v) is 1.75. The zero-order valence-electron chi connectivity index (χ0n) is 9.26. The second-order valence-electron chi connectivity index (χ2n) is 3.66. The molecule has 2 aromatic rings. The maximum Gasteiger partial charge on any atom is 0.136 e. The molecule has 2 nitrogen and oxygen atoms in total. The van der Waals surface area contributed by atoms with Crippen molar-refractivity contribution in [3.05, 3.63) is 46.4 Å². The van der Waals surface area contributed by atoms with Gasteiger partial charge in [-0.15, -0.1) is 0 Å². The number of hydrogen-bond acceptors (Lipinski definition) is 2. The quantitative estimate of drug-likeness (QED) is 0.726. The first kappa shape index (κ1) is 11.9. The highest BCUT2D eigenvalue weighted by Crippen LogP contribution is 2.27. The van der Waals surface area contributed by atoms with Crippen LogP contribution < -0.4 is 0 Å². The van der Waals surface area contributed by atoms with Gasteiger partial charge < -0.3 is 0 Å². The van der Waals surface area contributed by atoms with Crippen molar-refractivity contribution in [3.63, 3.8) is 0 Å². The third kappa shape index (κ3) is 2.26. The second-order valence-corrected chi connectivity index (χ2v) is 4.02. The van der Waals surface area contributed by atoms with Crippen LogP contribution in [0.3, 0.4) is 0 Å². The molecule has 17 heavy (non-hydrogen) atoms. The highest BCUT2D eigenvalue weighted by Gasteiger charge is 2.13. The zero-order chi connectivity index (χ0) is 12.6. The van der Waals surface area contributed by atoms with Crippen molar-refractivity contribution < 1.29 is 8.78 Å². The Morgan fingerprint density at radius 2 is 1.82 bits per heavy atom. The maximum absolute atomic E-state index is 13.6. The summed E-state index contributed by atoms with van der Waals surface area (Å²) in [7, 11) is 0. The van der Waals surface area contributed by atoms with Gasteiger partial charge in [0.2, 0.25) is 0 Å². The summed E-state index contributed by atoms with van der Waals surface area (Å²) in [6, 6.07) is 3.35. The van der Waals surface area contributed by atoms with Gasteiger partial charge in [-0.3, -0.25) is 0 Å². The minimum Gasteiger partial charge on any atom is -0.233 e. The standard InChI is InChI=1S/C12H9ClF2N2/c1-6-11(16-7(2)17-12(6)13)9-4-3-8(14)5-10(9)15/h3-5H,1-2H3. The summed E-state index contributed by atoms with van der Waals surface area (Å²) >= 11 is 5.90. The number of halogens is 3. The molecule has 0 amide bonds. The Morgan fingerprint density at radius 3 is 2.47 bits per heavy atom. The minimum absolute atomic E-state index is 0.219. The van der Waals surface area contributed by atoms with Crippen LogP contribution in [0.4, 0.5) is 8.78 Å². The Balaban J connectivity index is 2.68. The summed E-state index contributed by atoms with van der Waals surface area (Å²) in [5.74, 6) is -0.845. The number of rotatable bonds is 1. The number of hydrogen-bond donors (Lipinski definition) is 0. The van der Waals surface area contributed by atoms with E-state index in [2.05, 4.69) is 9.97 Å². The van der Waals surface area contributed by atoms with Gasteiger partial charge >= 0.3 is 0 Å². The largest absolute Gasteiger partial charge is 0.233 e. The lowest BCUT2D eigenvalue weighted by Crippen LogP contribution is -1.98. The van der Waals surface area contributed by atoms with Crippen LogP contribution in [0.1, 0.15) is 11.4 Å². The number of nitrogens with zero attached hydrogens (tertiary/aromatic N) is 2. The molecule has 0 bridgehead atoms. The van der Waals surface area contributed by atoms with E-state index < -0.39 is 11.6 Å². The molecule has 5 heteroatoms. The summed E-state index contributed by atoms with van der Waals surface area (Å²) in [6.07, 6.45) is 0. The van der Waals surface area contributed by atoms with Crippen LogP contribution in [0.5, 0.6) is 0 Å². The normalized spacial score (nSPS) is 10.6. The van der Waals surface area contributed by atoms with E-state index in [1.165, 1.54) is 12.1 Å². The molecule has 1 heterocycles. The smallest absolute Gasteiger partial charge is 0.136 e. The third-order valence-electron chi connectivity index (χ3n) is 2.38. The van der Waals surface area contributed by atoms with Gasteiger partial charge in [-0.25, -0.2) is 18.7 Å². The lowest BCUT2D eigenvalue weighted by molar-refractivity contribution is 0.585. The maximum atomic E-state index is 13.6. The summed E-state index contributed by atoms with van der Waals surface area (Å²) < 4.78 is 26.5. The predicted octanol–water partition coefficient (Wildman–Crippen LogP) is 3.69. The van der Waals surface area contributed by atoms with Gasteiger partial charge in [0.15, 0.2) is 0 Å². The fourth-order valence-electron chi connectivity index (χ4n) is 1.54. The minimum atomic E-state index is -0.665. The van der Waals surface area contributed by atoms with E-state index in [4.69, 9.17) is 11.6 Å². The second kappa shape index (κ2) is 4.37. The highest BCUT2D eigenvalue weighted by molar-refractivity contribution is 6.30. The summed E-state index contributed by atoms with van der Waals surface area (Å²) in [5.41, 5.74) is 1.18. The zero-order valence-corrected chi connectivity index (χ0v) is 10.0. The number of aryl methyl sites for hydroxylation is 1. The molecule has 0 atom stereocenters. The van der Waals surface area contributed by atoms with Crippen LogP contribution in [0.2, 0.25) is 5.15 Å². The highest BCUT2D eigenvalue weighted by atomic mass is 35.5. The molecule has 0 aliphatic rings. The Morgan fingerprint density at radius 1 is 1.12 bits per heavy atom. The number of benzene rings is 1. The Hall–Kier alpha value is -1.55. The van der Waals surface area contributed by atoms with Gasteiger partial charge in [-0.05, 0) is 26.0 Å². The molecule has 0 saturated heterocycles. The summed E-state index contributed by atoms with van der Waals surface area (Å²) in [4.78, 5) is 8.10. The van der Waals surface area contributed by atoms with Gasteiger partial charge in [0.25, 0.3) is 0 Å². The molecule has 0 aliphatic heterocycles. The molecule has 1 aromatic carbocycles. The van der Waals surface area contributed by atoms with Gasteiger partial charge in [0.1, 0.15) is 22.6 Å². The van der Waals surface area contributed by atoms with E-state index in [9.17, 15) is 8.78 Å². The van der Waals surface area contributed by atoms with Gasteiger partial charge in [-0.1, -0.05) is 11.6 Å². The van der Waals surface area contributed by atoms with E-state index in [-0.39, 0.29) is 10.7 Å². The van der Waals surface area contributed by atoms with Crippen molar-refractivity contribution in [2.24, 2.45) is 0 Å². The molecule has 0 unspecified atom stereocenters. The molecule has 88 valence electrons. The SMILES string of the molecule is Cc1nc(Cl)c(C)c(-c2ccc(F)cc2F)n1. The molecule has 0 radical (unpaired) electrons. The van der Waals surface area contributed by atoms with Crippen LogP contribution in [0.25, 0.3) is 11.3 Å². The predicted molar refractivity (Wildman–Crippen MR) is 61.9 cm³/mol. The van der Waals surface area contributed by atoms with Gasteiger partial charge in [0.05, 0.1) is 5.69 Å². The molecule has 2 rings (SSSR count). The molecule has 0 spiro atoms. The molecule has 0 saturated carbocycles. The summed E-state index contributed by atoms with van der Waals surface area (Å²) in [5, 5.41) is 0.274. The Bertz CT molecular complexity index is 585. The molecular weight excluding hydrogens is 246 g/mol. The van der Waals surface area contributed by atoms with E-state index in [0.717, 1.165) is 6.07 Å². The van der Waals surface area contributed by atoms with Gasteiger partial charge in [0, 0.05) is 17.2 Å². The van der Waals surface area contributed by atoms with Crippen molar-refractivity contribution in [2.45, 2.75) is 13.8 Å². The lowest BCUT2D eigenvalue weighted by Gasteiger charge is -2.08. The third-order valence-corrected chi connectivity index (χ3v) is 2.75. The van der Waals surface area contributed by atoms with Crippen molar-refractivity contribution in [2.75, 3.05) is 0 Å². The van der Waals surface area contributed by atoms with E-state index >= 15 is 0 Å². The van der Waals surface area contributed by atoms with Crippen LogP contribution >= 0.6 is 11.6 Å². The lowest BCUT2D eigenvalue weighted by atomic mass is 10.1. The van der Waals surface area contributed by atoms with Crippen LogP contribution in [0.15, 0.2) is 18.2 Å². The van der Waals surface area contributed by atoms with E-state index in [1.807, 2.05) is 0 Å². The first-order valence-electron chi connectivity index (χ1n) is 4.95. The van der Waals surface area contributed by atoms with Crippen molar-refractivity contribution >= 4 is 11.6 Å².